The minimum absolute atomic E-state index is 1.11. The van der Waals surface area contributed by atoms with E-state index in [1.807, 2.05) is 17.4 Å². The Bertz CT molecular complexity index is 862. The second-order valence-corrected chi connectivity index (χ2v) is 6.42. The molecule has 0 saturated heterocycles. The van der Waals surface area contributed by atoms with E-state index in [0.717, 1.165) is 12.8 Å². The number of aryl methyl sites for hydroxylation is 2. The minimum atomic E-state index is 1.11. The Morgan fingerprint density at radius 3 is 2.50 bits per heavy atom. The predicted octanol–water partition coefficient (Wildman–Crippen LogP) is 5.59. The van der Waals surface area contributed by atoms with E-state index in [1.165, 1.54) is 32.7 Å². The largest absolute Gasteiger partial charge is 0.143 e. The summed E-state index contributed by atoms with van der Waals surface area (Å²) in [5, 5.41) is 2.20. The zero-order chi connectivity index (χ0) is 14.8. The van der Waals surface area contributed by atoms with Crippen LogP contribution in [0.4, 0.5) is 0 Å². The van der Waals surface area contributed by atoms with Crippen molar-refractivity contribution >= 4 is 23.0 Å². The standard InChI is InChI=1S/C21H16S/c1-2-6-16(7-3-1)10-13-20-19-9-5-4-8-17(19)11-12-18-14-15-22-21(18)20/h1-10,14-15H,11-12H2. The van der Waals surface area contributed by atoms with Gasteiger partial charge in [0.05, 0.1) is 0 Å². The summed E-state index contributed by atoms with van der Waals surface area (Å²) in [5.41, 5.74) is 10.2. The van der Waals surface area contributed by atoms with Crippen LogP contribution < -0.4 is 0 Å². The lowest BCUT2D eigenvalue weighted by molar-refractivity contribution is 0.970. The zero-order valence-electron chi connectivity index (χ0n) is 12.3. The topological polar surface area (TPSA) is 0 Å². The monoisotopic (exact) mass is 300 g/mol. The van der Waals surface area contributed by atoms with Gasteiger partial charge in [-0.05, 0) is 52.6 Å². The van der Waals surface area contributed by atoms with Crippen molar-refractivity contribution in [3.8, 4) is 0 Å². The third kappa shape index (κ3) is 2.46. The van der Waals surface area contributed by atoms with Gasteiger partial charge in [-0.15, -0.1) is 17.1 Å². The second kappa shape index (κ2) is 5.81. The smallest absolute Gasteiger partial charge is 0.0458 e. The van der Waals surface area contributed by atoms with Crippen molar-refractivity contribution in [3.05, 3.63) is 98.9 Å². The van der Waals surface area contributed by atoms with E-state index in [1.54, 1.807) is 0 Å². The summed E-state index contributed by atoms with van der Waals surface area (Å²) in [6.45, 7) is 0. The van der Waals surface area contributed by atoms with Crippen molar-refractivity contribution in [1.82, 2.24) is 0 Å². The number of rotatable bonds is 1. The van der Waals surface area contributed by atoms with Crippen molar-refractivity contribution < 1.29 is 0 Å². The quantitative estimate of drug-likeness (QED) is 0.514. The fraction of sp³-hybridized carbons (Fsp3) is 0.0952. The molecular weight excluding hydrogens is 284 g/mol. The summed E-state index contributed by atoms with van der Waals surface area (Å²) in [6, 6.07) is 21.4. The Labute approximate surface area is 135 Å². The SMILES string of the molecule is C(=Cc1ccccc1)=C1c2ccccc2CCc2ccsc21. The highest BCUT2D eigenvalue weighted by atomic mass is 32.1. The van der Waals surface area contributed by atoms with Crippen LogP contribution in [0.1, 0.15) is 27.1 Å². The molecule has 1 aliphatic carbocycles. The van der Waals surface area contributed by atoms with Crippen LogP contribution in [0.25, 0.3) is 11.6 Å². The van der Waals surface area contributed by atoms with Crippen LogP contribution in [-0.4, -0.2) is 0 Å². The maximum atomic E-state index is 3.58. The summed E-state index contributed by atoms with van der Waals surface area (Å²) in [6.07, 6.45) is 4.32. The molecule has 0 fully saturated rings. The van der Waals surface area contributed by atoms with Crippen molar-refractivity contribution in [2.24, 2.45) is 0 Å². The van der Waals surface area contributed by atoms with Crippen molar-refractivity contribution in [3.63, 3.8) is 0 Å². The Morgan fingerprint density at radius 1 is 0.818 bits per heavy atom. The van der Waals surface area contributed by atoms with Crippen LogP contribution in [0.5, 0.6) is 0 Å². The summed E-state index contributed by atoms with van der Waals surface area (Å²) >= 11 is 1.83. The molecule has 0 unspecified atom stereocenters. The lowest BCUT2D eigenvalue weighted by atomic mass is 9.99. The maximum Gasteiger partial charge on any atom is 0.0458 e. The molecule has 0 saturated carbocycles. The summed E-state index contributed by atoms with van der Waals surface area (Å²) in [7, 11) is 0. The van der Waals surface area contributed by atoms with Gasteiger partial charge in [0, 0.05) is 10.5 Å². The molecule has 0 atom stereocenters. The molecule has 1 heterocycles. The first-order chi connectivity index (χ1) is 10.9. The van der Waals surface area contributed by atoms with Gasteiger partial charge in [0.1, 0.15) is 0 Å². The lowest BCUT2D eigenvalue weighted by Gasteiger charge is -2.06. The molecule has 0 spiro atoms. The van der Waals surface area contributed by atoms with Crippen molar-refractivity contribution in [2.75, 3.05) is 0 Å². The van der Waals surface area contributed by atoms with E-state index in [0.29, 0.717) is 0 Å². The van der Waals surface area contributed by atoms with Gasteiger partial charge >= 0.3 is 0 Å². The van der Waals surface area contributed by atoms with Crippen molar-refractivity contribution in [1.29, 1.82) is 0 Å². The highest BCUT2D eigenvalue weighted by molar-refractivity contribution is 7.11. The Morgan fingerprint density at radius 2 is 1.59 bits per heavy atom. The highest BCUT2D eigenvalue weighted by Crippen LogP contribution is 2.36. The molecule has 0 aliphatic heterocycles. The van der Waals surface area contributed by atoms with E-state index in [2.05, 4.69) is 71.8 Å². The van der Waals surface area contributed by atoms with Crippen LogP contribution in [0.3, 0.4) is 0 Å². The van der Waals surface area contributed by atoms with Crippen LogP contribution in [0, 0.1) is 0 Å². The normalized spacial score (nSPS) is 12.8. The van der Waals surface area contributed by atoms with E-state index >= 15 is 0 Å². The van der Waals surface area contributed by atoms with Gasteiger partial charge in [-0.25, -0.2) is 0 Å². The molecule has 1 aliphatic rings. The predicted molar refractivity (Wildman–Crippen MR) is 95.1 cm³/mol. The third-order valence-corrected chi connectivity index (χ3v) is 5.08. The number of hydrogen-bond donors (Lipinski definition) is 0. The molecule has 4 rings (SSSR count). The molecule has 1 aromatic heterocycles. The molecule has 3 aromatic rings. The number of hydrogen-bond acceptors (Lipinski definition) is 1. The first-order valence-electron chi connectivity index (χ1n) is 7.58. The van der Waals surface area contributed by atoms with Gasteiger partial charge in [0.2, 0.25) is 0 Å². The first kappa shape index (κ1) is 13.3. The summed E-state index contributed by atoms with van der Waals surface area (Å²) in [5.74, 6) is 0. The van der Waals surface area contributed by atoms with Gasteiger partial charge in [-0.3, -0.25) is 0 Å². The van der Waals surface area contributed by atoms with Crippen molar-refractivity contribution in [2.45, 2.75) is 12.8 Å². The van der Waals surface area contributed by atoms with Crippen LogP contribution in [0.2, 0.25) is 0 Å². The molecule has 0 amide bonds. The molecule has 0 nitrogen and oxygen atoms in total. The Kier molecular flexibility index (Phi) is 3.52. The third-order valence-electron chi connectivity index (χ3n) is 4.11. The van der Waals surface area contributed by atoms with Crippen LogP contribution >= 0.6 is 11.3 Å². The first-order valence-corrected chi connectivity index (χ1v) is 8.46. The molecule has 2 aromatic carbocycles. The van der Waals surface area contributed by atoms with Gasteiger partial charge < -0.3 is 0 Å². The Hall–Kier alpha value is -2.34. The molecule has 22 heavy (non-hydrogen) atoms. The Balaban J connectivity index is 1.93. The number of fused-ring (bicyclic) bond motifs is 2. The zero-order valence-corrected chi connectivity index (χ0v) is 13.1. The number of benzene rings is 2. The van der Waals surface area contributed by atoms with Crippen LogP contribution in [-0.2, 0) is 12.8 Å². The number of thiophene rings is 1. The average Bonchev–Trinajstić information content (AvgIpc) is 2.98. The lowest BCUT2D eigenvalue weighted by Crippen LogP contribution is -1.90. The summed E-state index contributed by atoms with van der Waals surface area (Å²) < 4.78 is 0. The van der Waals surface area contributed by atoms with Gasteiger partial charge in [-0.1, -0.05) is 54.6 Å². The highest BCUT2D eigenvalue weighted by Gasteiger charge is 2.18. The molecule has 1 heteroatoms. The maximum absolute atomic E-state index is 3.58. The second-order valence-electron chi connectivity index (χ2n) is 5.51. The van der Waals surface area contributed by atoms with Gasteiger partial charge in [0.15, 0.2) is 0 Å². The van der Waals surface area contributed by atoms with E-state index in [9.17, 15) is 0 Å². The van der Waals surface area contributed by atoms with Gasteiger partial charge in [-0.2, -0.15) is 0 Å². The molecule has 0 N–H and O–H groups in total. The molecule has 106 valence electrons. The molecule has 0 radical (unpaired) electrons. The van der Waals surface area contributed by atoms with Gasteiger partial charge in [0.25, 0.3) is 0 Å². The van der Waals surface area contributed by atoms with Crippen LogP contribution in [0.15, 0.2) is 71.8 Å². The average molecular weight is 300 g/mol. The van der Waals surface area contributed by atoms with E-state index < -0.39 is 0 Å². The molecular formula is C21H16S. The van der Waals surface area contributed by atoms with E-state index in [-0.39, 0.29) is 0 Å². The van der Waals surface area contributed by atoms with E-state index in [4.69, 9.17) is 0 Å². The molecule has 0 bridgehead atoms. The fourth-order valence-electron chi connectivity index (χ4n) is 2.97. The minimum Gasteiger partial charge on any atom is -0.143 e. The fourth-order valence-corrected chi connectivity index (χ4v) is 3.95. The summed E-state index contributed by atoms with van der Waals surface area (Å²) in [4.78, 5) is 1.37.